The van der Waals surface area contributed by atoms with Crippen LogP contribution in [-0.2, 0) is 16.0 Å². The Labute approximate surface area is 198 Å². The van der Waals surface area contributed by atoms with Crippen LogP contribution in [-0.4, -0.2) is 52.3 Å². The third-order valence-electron chi connectivity index (χ3n) is 4.72. The van der Waals surface area contributed by atoms with E-state index in [2.05, 4.69) is 10.6 Å². The van der Waals surface area contributed by atoms with E-state index in [1.807, 2.05) is 37.4 Å². The maximum Gasteiger partial charge on any atom is 0.328 e. The number of rotatable bonds is 12. The Hall–Kier alpha value is -2.48. The van der Waals surface area contributed by atoms with Crippen molar-refractivity contribution in [3.63, 3.8) is 0 Å². The highest BCUT2D eigenvalue weighted by atomic mass is 35.5. The van der Waals surface area contributed by atoms with E-state index in [-0.39, 0.29) is 33.5 Å². The van der Waals surface area contributed by atoms with Crippen LogP contribution < -0.4 is 20.1 Å². The lowest BCUT2D eigenvalue weighted by Crippen LogP contribution is -2.43. The van der Waals surface area contributed by atoms with Crippen molar-refractivity contribution >= 4 is 35.1 Å². The van der Waals surface area contributed by atoms with Gasteiger partial charge in [0.05, 0.1) is 31.4 Å². The van der Waals surface area contributed by atoms with Gasteiger partial charge in [-0.2, -0.15) is 0 Å². The molecule has 7 nitrogen and oxygen atoms in total. The summed E-state index contributed by atoms with van der Waals surface area (Å²) in [4.78, 5) is 25.3. The van der Waals surface area contributed by atoms with Crippen molar-refractivity contribution in [3.05, 3.63) is 57.6 Å². The summed E-state index contributed by atoms with van der Waals surface area (Å²) in [7, 11) is 4.54. The molecule has 1 atom stereocenters. The molecule has 1 amide bonds. The normalized spacial score (nSPS) is 11.5. The van der Waals surface area contributed by atoms with Crippen molar-refractivity contribution in [1.29, 1.82) is 0 Å². The molecule has 2 rings (SSSR count). The molecule has 0 aliphatic heterocycles. The van der Waals surface area contributed by atoms with Gasteiger partial charge in [0.25, 0.3) is 5.91 Å². The van der Waals surface area contributed by atoms with Crippen molar-refractivity contribution in [2.24, 2.45) is 0 Å². The van der Waals surface area contributed by atoms with Gasteiger partial charge in [-0.3, -0.25) is 4.79 Å². The number of nitrogens with one attached hydrogen (secondary N) is 2. The Morgan fingerprint density at radius 1 is 1.06 bits per heavy atom. The van der Waals surface area contributed by atoms with Crippen molar-refractivity contribution in [2.45, 2.75) is 25.3 Å². The summed E-state index contributed by atoms with van der Waals surface area (Å²) in [6.07, 6.45) is 1.99. The van der Waals surface area contributed by atoms with Gasteiger partial charge in [-0.15, -0.1) is 0 Å². The van der Waals surface area contributed by atoms with Crippen LogP contribution in [0.2, 0.25) is 10.0 Å². The van der Waals surface area contributed by atoms with Gasteiger partial charge in [0.15, 0.2) is 11.5 Å². The highest BCUT2D eigenvalue weighted by Crippen LogP contribution is 2.42. The standard InChI is InChI=1S/C23H28Cl2N2O5/c1-26-11-7-8-12-32-21-17(24)14-16(20(30-2)19(21)25)22(28)27-18(23(29)31-3)13-15-9-5-4-6-10-15/h4-6,9-10,14,18,26H,7-8,11-13H2,1-3H3,(H,27,28)/t18-/m0/s1. The van der Waals surface area contributed by atoms with Gasteiger partial charge in [-0.25, -0.2) is 4.79 Å². The van der Waals surface area contributed by atoms with Gasteiger partial charge in [-0.05, 0) is 38.1 Å². The lowest BCUT2D eigenvalue weighted by atomic mass is 10.1. The largest absolute Gasteiger partial charge is 0.494 e. The average molecular weight is 483 g/mol. The fraction of sp³-hybridized carbons (Fsp3) is 0.391. The van der Waals surface area contributed by atoms with E-state index in [4.69, 9.17) is 37.4 Å². The van der Waals surface area contributed by atoms with Crippen molar-refractivity contribution in [2.75, 3.05) is 34.4 Å². The van der Waals surface area contributed by atoms with E-state index in [1.165, 1.54) is 20.3 Å². The molecule has 174 valence electrons. The fourth-order valence-electron chi connectivity index (χ4n) is 3.08. The number of hydrogen-bond donors (Lipinski definition) is 2. The summed E-state index contributed by atoms with van der Waals surface area (Å²) >= 11 is 12.8. The van der Waals surface area contributed by atoms with E-state index < -0.39 is 17.9 Å². The molecule has 0 aliphatic rings. The molecule has 0 radical (unpaired) electrons. The monoisotopic (exact) mass is 482 g/mol. The minimum absolute atomic E-state index is 0.0898. The van der Waals surface area contributed by atoms with Crippen LogP contribution in [0.15, 0.2) is 36.4 Å². The molecule has 2 aromatic carbocycles. The molecular formula is C23H28Cl2N2O5. The predicted molar refractivity (Wildman–Crippen MR) is 125 cm³/mol. The molecule has 0 aliphatic carbocycles. The molecule has 0 fully saturated rings. The second kappa shape index (κ2) is 13.2. The third kappa shape index (κ3) is 7.02. The first-order valence-electron chi connectivity index (χ1n) is 10.2. The smallest absolute Gasteiger partial charge is 0.328 e. The predicted octanol–water partition coefficient (Wildman–Crippen LogP) is 3.89. The number of unbranched alkanes of at least 4 members (excludes halogenated alkanes) is 1. The quantitative estimate of drug-likeness (QED) is 0.352. The van der Waals surface area contributed by atoms with Crippen molar-refractivity contribution < 1.29 is 23.8 Å². The second-order valence-electron chi connectivity index (χ2n) is 6.98. The van der Waals surface area contributed by atoms with Crippen LogP contribution in [0.25, 0.3) is 0 Å². The number of hydrogen-bond acceptors (Lipinski definition) is 6. The van der Waals surface area contributed by atoms with Gasteiger partial charge in [0.1, 0.15) is 11.1 Å². The summed E-state index contributed by atoms with van der Waals surface area (Å²) in [6.45, 7) is 1.29. The molecule has 0 heterocycles. The number of amides is 1. The zero-order chi connectivity index (χ0) is 23.5. The van der Waals surface area contributed by atoms with E-state index in [9.17, 15) is 9.59 Å². The number of carbonyl (C=O) groups is 2. The first-order valence-corrected chi connectivity index (χ1v) is 10.9. The molecule has 32 heavy (non-hydrogen) atoms. The van der Waals surface area contributed by atoms with Gasteiger partial charge >= 0.3 is 5.97 Å². The molecule has 0 spiro atoms. The van der Waals surface area contributed by atoms with Gasteiger partial charge < -0.3 is 24.8 Å². The Bertz CT molecular complexity index is 909. The number of benzene rings is 2. The minimum atomic E-state index is -0.903. The van der Waals surface area contributed by atoms with Crippen LogP contribution in [0.1, 0.15) is 28.8 Å². The van der Waals surface area contributed by atoms with E-state index >= 15 is 0 Å². The first-order chi connectivity index (χ1) is 15.4. The van der Waals surface area contributed by atoms with Crippen molar-refractivity contribution in [1.82, 2.24) is 10.6 Å². The van der Waals surface area contributed by atoms with Gasteiger partial charge in [0, 0.05) is 6.42 Å². The number of esters is 1. The van der Waals surface area contributed by atoms with Crippen LogP contribution in [0.4, 0.5) is 0 Å². The van der Waals surface area contributed by atoms with E-state index in [0.717, 1.165) is 24.9 Å². The highest BCUT2D eigenvalue weighted by molar-refractivity contribution is 6.39. The lowest BCUT2D eigenvalue weighted by molar-refractivity contribution is -0.142. The van der Waals surface area contributed by atoms with Gasteiger partial charge in [0.2, 0.25) is 0 Å². The zero-order valence-corrected chi connectivity index (χ0v) is 19.9. The van der Waals surface area contributed by atoms with Crippen LogP contribution >= 0.6 is 23.2 Å². The Morgan fingerprint density at radius 3 is 2.41 bits per heavy atom. The maximum atomic E-state index is 13.0. The molecule has 0 saturated heterocycles. The third-order valence-corrected chi connectivity index (χ3v) is 5.35. The topological polar surface area (TPSA) is 85.9 Å². The summed E-state index contributed by atoms with van der Waals surface area (Å²) in [5.41, 5.74) is 0.959. The molecule has 2 N–H and O–H groups in total. The van der Waals surface area contributed by atoms with Gasteiger partial charge in [-0.1, -0.05) is 53.5 Å². The SMILES string of the molecule is CNCCCCOc1c(Cl)cc(C(=O)N[C@@H](Cc2ccccc2)C(=O)OC)c(OC)c1Cl. The van der Waals surface area contributed by atoms with Crippen molar-refractivity contribution in [3.8, 4) is 11.5 Å². The Kier molecular flexibility index (Phi) is 10.6. The lowest BCUT2D eigenvalue weighted by Gasteiger charge is -2.19. The van der Waals surface area contributed by atoms with Crippen LogP contribution in [0.3, 0.4) is 0 Å². The summed E-state index contributed by atoms with van der Waals surface area (Å²) in [5, 5.41) is 6.02. The minimum Gasteiger partial charge on any atom is -0.494 e. The van der Waals surface area contributed by atoms with Crippen LogP contribution in [0.5, 0.6) is 11.5 Å². The molecule has 0 unspecified atom stereocenters. The first kappa shape index (κ1) is 25.8. The molecule has 2 aromatic rings. The molecular weight excluding hydrogens is 455 g/mol. The number of carbonyl (C=O) groups excluding carboxylic acids is 2. The fourth-order valence-corrected chi connectivity index (χ4v) is 3.73. The molecule has 0 aromatic heterocycles. The Balaban J connectivity index is 2.22. The summed E-state index contributed by atoms with van der Waals surface area (Å²) in [5.74, 6) is -0.778. The molecule has 0 saturated carbocycles. The van der Waals surface area contributed by atoms with Crippen LogP contribution in [0, 0.1) is 0 Å². The summed E-state index contributed by atoms with van der Waals surface area (Å²) < 4.78 is 16.0. The Morgan fingerprint density at radius 2 is 1.78 bits per heavy atom. The van der Waals surface area contributed by atoms with E-state index in [0.29, 0.717) is 6.61 Å². The van der Waals surface area contributed by atoms with E-state index in [1.54, 1.807) is 0 Å². The number of halogens is 2. The number of methoxy groups -OCH3 is 2. The average Bonchev–Trinajstić information content (AvgIpc) is 2.80. The zero-order valence-electron chi connectivity index (χ0n) is 18.4. The second-order valence-corrected chi connectivity index (χ2v) is 7.77. The highest BCUT2D eigenvalue weighted by Gasteiger charge is 2.27. The molecule has 0 bridgehead atoms. The maximum absolute atomic E-state index is 13.0. The summed E-state index contributed by atoms with van der Waals surface area (Å²) in [6, 6.07) is 9.81. The number of ether oxygens (including phenoxy) is 3. The molecule has 9 heteroatoms.